The molecule has 2 unspecified atom stereocenters. The highest BCUT2D eigenvalue weighted by Gasteiger charge is 2.17. The van der Waals surface area contributed by atoms with Crippen molar-refractivity contribution in [2.75, 3.05) is 0 Å². The highest BCUT2D eigenvalue weighted by atomic mass is 16.4. The van der Waals surface area contributed by atoms with E-state index in [2.05, 4.69) is 6.92 Å². The summed E-state index contributed by atoms with van der Waals surface area (Å²) < 4.78 is 0. The van der Waals surface area contributed by atoms with Crippen molar-refractivity contribution in [2.45, 2.75) is 46.0 Å². The van der Waals surface area contributed by atoms with Crippen molar-refractivity contribution in [2.24, 2.45) is 11.8 Å². The Morgan fingerprint density at radius 1 is 1.50 bits per heavy atom. The van der Waals surface area contributed by atoms with Crippen molar-refractivity contribution < 1.29 is 9.90 Å². The van der Waals surface area contributed by atoms with E-state index in [0.717, 1.165) is 12.3 Å². The van der Waals surface area contributed by atoms with Crippen molar-refractivity contribution in [1.29, 1.82) is 0 Å². The minimum Gasteiger partial charge on any atom is -0.478 e. The van der Waals surface area contributed by atoms with Crippen molar-refractivity contribution in [3.8, 4) is 0 Å². The molecule has 1 N–H and O–H groups in total. The Morgan fingerprint density at radius 2 is 2.21 bits per heavy atom. The van der Waals surface area contributed by atoms with Crippen LogP contribution in [0.3, 0.4) is 0 Å². The van der Waals surface area contributed by atoms with Gasteiger partial charge in [0.2, 0.25) is 0 Å². The van der Waals surface area contributed by atoms with Gasteiger partial charge < -0.3 is 5.11 Å². The summed E-state index contributed by atoms with van der Waals surface area (Å²) in [6.07, 6.45) is 8.02. The fourth-order valence-electron chi connectivity index (χ4n) is 2.20. The van der Waals surface area contributed by atoms with Crippen LogP contribution in [0.25, 0.3) is 0 Å². The van der Waals surface area contributed by atoms with E-state index >= 15 is 0 Å². The quantitative estimate of drug-likeness (QED) is 0.703. The normalized spacial score (nSPS) is 28.9. The van der Waals surface area contributed by atoms with Crippen molar-refractivity contribution in [3.63, 3.8) is 0 Å². The number of carboxylic acid groups (broad SMARTS) is 1. The standard InChI is InChI=1S/C12H20O2/c1-9-4-3-5-11(8-9)7-6-10(2)12(13)14/h6,9,11H,3-5,7-8H2,1-2H3,(H,13,14). The Hall–Kier alpha value is -0.790. The molecular formula is C12H20O2. The van der Waals surface area contributed by atoms with Crippen LogP contribution >= 0.6 is 0 Å². The zero-order chi connectivity index (χ0) is 10.6. The third-order valence-corrected chi connectivity index (χ3v) is 3.14. The summed E-state index contributed by atoms with van der Waals surface area (Å²) in [5.74, 6) is 0.759. The predicted molar refractivity (Wildman–Crippen MR) is 57.1 cm³/mol. The molecule has 2 nitrogen and oxygen atoms in total. The van der Waals surface area contributed by atoms with Crippen LogP contribution in [0.5, 0.6) is 0 Å². The molecule has 0 amide bonds. The lowest BCUT2D eigenvalue weighted by Crippen LogP contribution is -2.12. The van der Waals surface area contributed by atoms with Crippen molar-refractivity contribution in [1.82, 2.24) is 0 Å². The first-order valence-corrected chi connectivity index (χ1v) is 5.49. The fourth-order valence-corrected chi connectivity index (χ4v) is 2.20. The van der Waals surface area contributed by atoms with Crippen molar-refractivity contribution >= 4 is 5.97 Å². The molecule has 14 heavy (non-hydrogen) atoms. The van der Waals surface area contributed by atoms with E-state index in [0.29, 0.717) is 11.5 Å². The molecule has 2 heteroatoms. The van der Waals surface area contributed by atoms with Crippen LogP contribution in [0.1, 0.15) is 46.0 Å². The van der Waals surface area contributed by atoms with Gasteiger partial charge in [-0.25, -0.2) is 4.79 Å². The maximum atomic E-state index is 10.6. The molecule has 0 aliphatic heterocycles. The fraction of sp³-hybridized carbons (Fsp3) is 0.750. The van der Waals surface area contributed by atoms with Gasteiger partial charge in [-0.3, -0.25) is 0 Å². The lowest BCUT2D eigenvalue weighted by atomic mass is 9.80. The Labute approximate surface area is 86.0 Å². The lowest BCUT2D eigenvalue weighted by molar-refractivity contribution is -0.132. The topological polar surface area (TPSA) is 37.3 Å². The van der Waals surface area contributed by atoms with E-state index in [9.17, 15) is 4.79 Å². The monoisotopic (exact) mass is 196 g/mol. The Bertz CT molecular complexity index is 230. The molecule has 1 aliphatic rings. The molecule has 2 atom stereocenters. The number of allylic oxidation sites excluding steroid dienone is 1. The summed E-state index contributed by atoms with van der Waals surface area (Å²) in [7, 11) is 0. The van der Waals surface area contributed by atoms with Crippen LogP contribution in [-0.4, -0.2) is 11.1 Å². The van der Waals surface area contributed by atoms with E-state index in [1.54, 1.807) is 6.92 Å². The first kappa shape index (κ1) is 11.3. The molecule has 0 radical (unpaired) electrons. The highest BCUT2D eigenvalue weighted by molar-refractivity contribution is 5.85. The van der Waals surface area contributed by atoms with Crippen LogP contribution in [0.4, 0.5) is 0 Å². The van der Waals surface area contributed by atoms with Gasteiger partial charge in [-0.1, -0.05) is 32.3 Å². The van der Waals surface area contributed by atoms with Crippen LogP contribution in [0.2, 0.25) is 0 Å². The van der Waals surface area contributed by atoms with Crippen LogP contribution in [0.15, 0.2) is 11.6 Å². The van der Waals surface area contributed by atoms with Crippen molar-refractivity contribution in [3.05, 3.63) is 11.6 Å². The molecule has 0 heterocycles. The molecule has 0 aromatic rings. The van der Waals surface area contributed by atoms with E-state index < -0.39 is 5.97 Å². The third-order valence-electron chi connectivity index (χ3n) is 3.14. The van der Waals surface area contributed by atoms with E-state index in [1.807, 2.05) is 6.08 Å². The number of carboxylic acids is 1. The largest absolute Gasteiger partial charge is 0.478 e. The molecule has 80 valence electrons. The van der Waals surface area contributed by atoms with Gasteiger partial charge in [0.1, 0.15) is 0 Å². The number of carbonyl (C=O) groups is 1. The molecule has 0 aromatic heterocycles. The van der Waals surface area contributed by atoms with Crippen LogP contribution < -0.4 is 0 Å². The second kappa shape index (κ2) is 5.18. The van der Waals surface area contributed by atoms with Crippen LogP contribution in [-0.2, 0) is 4.79 Å². The zero-order valence-corrected chi connectivity index (χ0v) is 9.12. The Morgan fingerprint density at radius 3 is 2.79 bits per heavy atom. The maximum Gasteiger partial charge on any atom is 0.330 e. The van der Waals surface area contributed by atoms with Gasteiger partial charge in [0.05, 0.1) is 0 Å². The van der Waals surface area contributed by atoms with Gasteiger partial charge in [0, 0.05) is 5.57 Å². The lowest BCUT2D eigenvalue weighted by Gasteiger charge is -2.25. The van der Waals surface area contributed by atoms with Gasteiger partial charge in [-0.2, -0.15) is 0 Å². The van der Waals surface area contributed by atoms with Gasteiger partial charge >= 0.3 is 5.97 Å². The molecule has 0 bridgehead atoms. The zero-order valence-electron chi connectivity index (χ0n) is 9.12. The average molecular weight is 196 g/mol. The summed E-state index contributed by atoms with van der Waals surface area (Å²) in [6.45, 7) is 3.97. The van der Waals surface area contributed by atoms with E-state index in [4.69, 9.17) is 5.11 Å². The minimum atomic E-state index is -0.783. The number of aliphatic carboxylic acids is 1. The average Bonchev–Trinajstić information content (AvgIpc) is 2.14. The van der Waals surface area contributed by atoms with Gasteiger partial charge in [-0.15, -0.1) is 0 Å². The SMILES string of the molecule is CC(=CCC1CCCC(C)C1)C(=O)O. The van der Waals surface area contributed by atoms with Gasteiger partial charge in [0.15, 0.2) is 0 Å². The molecule has 1 saturated carbocycles. The Balaban J connectivity index is 2.37. The summed E-state index contributed by atoms with van der Waals surface area (Å²) in [5, 5.41) is 8.70. The summed E-state index contributed by atoms with van der Waals surface area (Å²) in [5.41, 5.74) is 0.489. The molecular weight excluding hydrogens is 176 g/mol. The molecule has 1 rings (SSSR count). The second-order valence-electron chi connectivity index (χ2n) is 4.57. The summed E-state index contributed by atoms with van der Waals surface area (Å²) in [4.78, 5) is 10.6. The number of hydrogen-bond donors (Lipinski definition) is 1. The molecule has 0 saturated heterocycles. The summed E-state index contributed by atoms with van der Waals surface area (Å²) in [6, 6.07) is 0. The number of rotatable bonds is 3. The Kier molecular flexibility index (Phi) is 4.18. The van der Waals surface area contributed by atoms with E-state index in [-0.39, 0.29) is 0 Å². The number of hydrogen-bond acceptors (Lipinski definition) is 1. The molecule has 0 aromatic carbocycles. The van der Waals surface area contributed by atoms with Gasteiger partial charge in [-0.05, 0) is 31.6 Å². The van der Waals surface area contributed by atoms with Crippen LogP contribution in [0, 0.1) is 11.8 Å². The molecule has 1 fully saturated rings. The van der Waals surface area contributed by atoms with Gasteiger partial charge in [0.25, 0.3) is 0 Å². The highest BCUT2D eigenvalue weighted by Crippen LogP contribution is 2.31. The third kappa shape index (κ3) is 3.52. The minimum absolute atomic E-state index is 0.489. The predicted octanol–water partition coefficient (Wildman–Crippen LogP) is 3.23. The van der Waals surface area contributed by atoms with E-state index in [1.165, 1.54) is 25.7 Å². The summed E-state index contributed by atoms with van der Waals surface area (Å²) >= 11 is 0. The molecule has 0 spiro atoms. The first-order valence-electron chi connectivity index (χ1n) is 5.49. The first-order chi connectivity index (χ1) is 6.59. The smallest absolute Gasteiger partial charge is 0.330 e. The maximum absolute atomic E-state index is 10.6. The second-order valence-corrected chi connectivity index (χ2v) is 4.57. The molecule has 1 aliphatic carbocycles.